The molecule has 0 spiro atoms. The van der Waals surface area contributed by atoms with Crippen molar-refractivity contribution in [1.82, 2.24) is 0 Å². The number of carbonyl (C=O) groups excluding carboxylic acids is 2. The molecule has 0 aliphatic carbocycles. The highest BCUT2D eigenvalue weighted by molar-refractivity contribution is 8.18. The first-order chi connectivity index (χ1) is 18.7. The fourth-order valence-corrected chi connectivity index (χ4v) is 5.09. The maximum Gasteiger partial charge on any atom is 0.344 e. The van der Waals surface area contributed by atoms with E-state index in [4.69, 9.17) is 44.3 Å². The predicted molar refractivity (Wildman–Crippen MR) is 157 cm³/mol. The van der Waals surface area contributed by atoms with Gasteiger partial charge in [-0.05, 0) is 67.4 Å². The van der Waals surface area contributed by atoms with Gasteiger partial charge in [-0.2, -0.15) is 0 Å². The second-order valence-electron chi connectivity index (χ2n) is 8.37. The zero-order chi connectivity index (χ0) is 28.1. The molecule has 6 nitrogen and oxygen atoms in total. The predicted octanol–water partition coefficient (Wildman–Crippen LogP) is 8.24. The Balaban J connectivity index is 1.58. The second kappa shape index (κ2) is 12.7. The number of esters is 1. The molecule has 0 bridgehead atoms. The molecule has 0 unspecified atom stereocenters. The Bertz CT molecular complexity index is 1530. The monoisotopic (exact) mass is 601 g/mol. The number of carbonyl (C=O) groups is 2. The summed E-state index contributed by atoms with van der Waals surface area (Å²) in [6.45, 7) is 3.88. The lowest BCUT2D eigenvalue weighted by Crippen LogP contribution is -2.14. The molecule has 4 rings (SSSR count). The van der Waals surface area contributed by atoms with Crippen LogP contribution in [0.5, 0.6) is 5.75 Å². The number of rotatable bonds is 7. The number of thioether (sulfide) groups is 1. The lowest BCUT2D eigenvalue weighted by atomic mass is 10.1. The summed E-state index contributed by atoms with van der Waals surface area (Å²) in [6, 6.07) is 17.2. The maximum atomic E-state index is 12.8. The summed E-state index contributed by atoms with van der Waals surface area (Å²) in [5, 5.41) is 12.2. The van der Waals surface area contributed by atoms with Crippen molar-refractivity contribution in [3.63, 3.8) is 0 Å². The standard InChI is InChI=1S/C29H22Cl3NO5S/c1-3-37-29(36)25-26(34)24(39-28(25)33-27(35)19-8-4-16(2)5-9-19)14-17-7-11-23(22(32)12-17)38-15-18-6-10-20(30)21(31)13-18/h4-14,34H,3,15H2,1-2H3/b24-14-,33-28?. The number of aliphatic hydroxyl groups excluding tert-OH is 1. The van der Waals surface area contributed by atoms with Crippen molar-refractivity contribution in [3.8, 4) is 5.75 Å². The van der Waals surface area contributed by atoms with Crippen LogP contribution in [0, 0.1) is 6.92 Å². The average Bonchev–Trinajstić information content (AvgIpc) is 3.20. The van der Waals surface area contributed by atoms with Gasteiger partial charge in [0.15, 0.2) is 0 Å². The van der Waals surface area contributed by atoms with Crippen LogP contribution in [0.15, 0.2) is 81.9 Å². The molecule has 0 aromatic heterocycles. The molecule has 0 saturated heterocycles. The Hall–Kier alpha value is -3.23. The van der Waals surface area contributed by atoms with E-state index >= 15 is 0 Å². The number of hydrogen-bond acceptors (Lipinski definition) is 6. The first-order valence-electron chi connectivity index (χ1n) is 11.7. The first kappa shape index (κ1) is 28.8. The number of halogens is 3. The molecule has 0 radical (unpaired) electrons. The van der Waals surface area contributed by atoms with Crippen LogP contribution >= 0.6 is 46.6 Å². The molecule has 10 heteroatoms. The molecular formula is C29H22Cl3NO5S. The molecule has 1 aliphatic heterocycles. The van der Waals surface area contributed by atoms with Gasteiger partial charge in [0.05, 0.1) is 26.6 Å². The Morgan fingerprint density at radius 3 is 2.38 bits per heavy atom. The van der Waals surface area contributed by atoms with Crippen molar-refractivity contribution < 1.29 is 24.2 Å². The minimum absolute atomic E-state index is 0.0513. The summed E-state index contributed by atoms with van der Waals surface area (Å²) < 4.78 is 10.9. The van der Waals surface area contributed by atoms with Gasteiger partial charge in [-0.15, -0.1) is 0 Å². The highest BCUT2D eigenvalue weighted by atomic mass is 35.5. The van der Waals surface area contributed by atoms with Crippen LogP contribution in [-0.4, -0.2) is 28.6 Å². The first-order valence-corrected chi connectivity index (χ1v) is 13.7. The van der Waals surface area contributed by atoms with Gasteiger partial charge in [0.1, 0.15) is 28.7 Å². The summed E-state index contributed by atoms with van der Waals surface area (Å²) in [6.07, 6.45) is 1.63. The highest BCUT2D eigenvalue weighted by Gasteiger charge is 2.34. The molecule has 3 aromatic carbocycles. The van der Waals surface area contributed by atoms with Crippen LogP contribution in [-0.2, 0) is 16.1 Å². The molecular weight excluding hydrogens is 581 g/mol. The van der Waals surface area contributed by atoms with E-state index in [0.717, 1.165) is 22.9 Å². The van der Waals surface area contributed by atoms with Gasteiger partial charge < -0.3 is 14.6 Å². The third-order valence-electron chi connectivity index (χ3n) is 5.50. The number of benzene rings is 3. The van der Waals surface area contributed by atoms with E-state index in [1.165, 1.54) is 0 Å². The Kier molecular flexibility index (Phi) is 9.40. The second-order valence-corrected chi connectivity index (χ2v) is 10.6. The molecule has 0 saturated carbocycles. The van der Waals surface area contributed by atoms with Gasteiger partial charge in [-0.1, -0.05) is 76.4 Å². The number of hydrogen-bond donors (Lipinski definition) is 1. The van der Waals surface area contributed by atoms with Crippen molar-refractivity contribution in [3.05, 3.63) is 114 Å². The van der Waals surface area contributed by atoms with Gasteiger partial charge in [0.25, 0.3) is 5.91 Å². The maximum absolute atomic E-state index is 12.8. The third-order valence-corrected chi connectivity index (χ3v) is 7.56. The fourth-order valence-electron chi connectivity index (χ4n) is 3.51. The fraction of sp³-hybridized carbons (Fsp3) is 0.138. The largest absolute Gasteiger partial charge is 0.506 e. The third kappa shape index (κ3) is 7.05. The molecule has 200 valence electrons. The van der Waals surface area contributed by atoms with E-state index in [1.54, 1.807) is 73.7 Å². The van der Waals surface area contributed by atoms with Gasteiger partial charge in [-0.25, -0.2) is 9.79 Å². The van der Waals surface area contributed by atoms with Gasteiger partial charge >= 0.3 is 5.97 Å². The summed E-state index contributed by atoms with van der Waals surface area (Å²) >= 11 is 19.5. The van der Waals surface area contributed by atoms with E-state index in [1.807, 2.05) is 6.92 Å². The van der Waals surface area contributed by atoms with Crippen molar-refractivity contribution in [2.75, 3.05) is 6.61 Å². The SMILES string of the molecule is CCOC(=O)C1=C(O)/C(=C/c2ccc(OCc3ccc(Cl)c(Cl)c3)c(Cl)c2)SC1=NC(=O)c1ccc(C)cc1. The molecule has 1 aliphatic rings. The van der Waals surface area contributed by atoms with Crippen LogP contribution in [0.2, 0.25) is 15.1 Å². The van der Waals surface area contributed by atoms with Gasteiger partial charge in [0.2, 0.25) is 0 Å². The van der Waals surface area contributed by atoms with E-state index in [-0.39, 0.29) is 29.6 Å². The van der Waals surface area contributed by atoms with E-state index in [0.29, 0.717) is 36.8 Å². The summed E-state index contributed by atoms with van der Waals surface area (Å²) in [5.41, 5.74) is 2.64. The van der Waals surface area contributed by atoms with Crippen molar-refractivity contribution in [1.29, 1.82) is 0 Å². The zero-order valence-corrected chi connectivity index (χ0v) is 23.9. The molecule has 0 fully saturated rings. The van der Waals surface area contributed by atoms with Crippen LogP contribution in [0.4, 0.5) is 0 Å². The minimum Gasteiger partial charge on any atom is -0.506 e. The average molecular weight is 603 g/mol. The normalized spacial score (nSPS) is 15.2. The Labute approximate surface area is 244 Å². The van der Waals surface area contributed by atoms with Crippen LogP contribution in [0.3, 0.4) is 0 Å². The summed E-state index contributed by atoms with van der Waals surface area (Å²) in [5.74, 6) is -1.20. The number of amides is 1. The summed E-state index contributed by atoms with van der Waals surface area (Å²) in [7, 11) is 0. The van der Waals surface area contributed by atoms with Crippen molar-refractivity contribution in [2.24, 2.45) is 4.99 Å². The van der Waals surface area contributed by atoms with Crippen molar-refractivity contribution >= 4 is 69.6 Å². The lowest BCUT2D eigenvalue weighted by molar-refractivity contribution is -0.138. The molecule has 0 atom stereocenters. The van der Waals surface area contributed by atoms with E-state index in [2.05, 4.69) is 4.99 Å². The van der Waals surface area contributed by atoms with Crippen LogP contribution in [0.1, 0.15) is 34.0 Å². The number of aryl methyl sites for hydroxylation is 1. The van der Waals surface area contributed by atoms with E-state index < -0.39 is 11.9 Å². The summed E-state index contributed by atoms with van der Waals surface area (Å²) in [4.78, 5) is 29.8. The number of ether oxygens (including phenoxy) is 2. The Morgan fingerprint density at radius 1 is 0.974 bits per heavy atom. The lowest BCUT2D eigenvalue weighted by Gasteiger charge is -2.10. The topological polar surface area (TPSA) is 85.2 Å². The number of aliphatic imine (C=N–C) groups is 1. The Morgan fingerprint density at radius 2 is 1.72 bits per heavy atom. The molecule has 1 amide bonds. The van der Waals surface area contributed by atoms with Crippen LogP contribution in [0.25, 0.3) is 6.08 Å². The minimum atomic E-state index is -0.773. The van der Waals surface area contributed by atoms with Gasteiger partial charge in [-0.3, -0.25) is 4.79 Å². The smallest absolute Gasteiger partial charge is 0.344 e. The molecule has 1 N–H and O–H groups in total. The van der Waals surface area contributed by atoms with Crippen LogP contribution < -0.4 is 4.74 Å². The zero-order valence-electron chi connectivity index (χ0n) is 20.8. The van der Waals surface area contributed by atoms with Gasteiger partial charge in [0, 0.05) is 5.56 Å². The molecule has 39 heavy (non-hydrogen) atoms. The highest BCUT2D eigenvalue weighted by Crippen LogP contribution is 2.40. The molecule has 3 aromatic rings. The number of aliphatic hydroxyl groups is 1. The van der Waals surface area contributed by atoms with E-state index in [9.17, 15) is 14.7 Å². The number of nitrogens with zero attached hydrogens (tertiary/aromatic N) is 1. The quantitative estimate of drug-likeness (QED) is 0.274. The molecule has 1 heterocycles. The van der Waals surface area contributed by atoms with Crippen molar-refractivity contribution in [2.45, 2.75) is 20.5 Å².